The van der Waals surface area contributed by atoms with Crippen molar-refractivity contribution in [1.82, 2.24) is 10.3 Å². The van der Waals surface area contributed by atoms with E-state index in [0.717, 1.165) is 25.9 Å². The molecule has 0 aliphatic carbocycles. The van der Waals surface area contributed by atoms with Crippen molar-refractivity contribution < 1.29 is 0 Å². The number of rotatable bonds is 6. The molecule has 1 heterocycles. The fourth-order valence-electron chi connectivity index (χ4n) is 2.56. The molecule has 2 N–H and O–H groups in total. The van der Waals surface area contributed by atoms with Gasteiger partial charge in [0.1, 0.15) is 0 Å². The van der Waals surface area contributed by atoms with Crippen LogP contribution in [0.2, 0.25) is 0 Å². The Morgan fingerprint density at radius 1 is 0.800 bits per heavy atom. The number of fused-ring (bicyclic) bond motifs is 1. The maximum Gasteiger partial charge on any atom is 0.0456 e. The van der Waals surface area contributed by atoms with Gasteiger partial charge >= 0.3 is 0 Å². The van der Waals surface area contributed by atoms with Crippen molar-refractivity contribution in [1.29, 1.82) is 0 Å². The van der Waals surface area contributed by atoms with Crippen LogP contribution in [0.25, 0.3) is 10.9 Å². The second-order valence-electron chi connectivity index (χ2n) is 5.10. The van der Waals surface area contributed by atoms with E-state index >= 15 is 0 Å². The van der Waals surface area contributed by atoms with E-state index in [1.165, 1.54) is 22.0 Å². The summed E-state index contributed by atoms with van der Waals surface area (Å²) in [6.45, 7) is 2.06. The van der Waals surface area contributed by atoms with Crippen molar-refractivity contribution in [2.45, 2.75) is 12.8 Å². The van der Waals surface area contributed by atoms with Crippen LogP contribution in [-0.2, 0) is 12.8 Å². The third-order valence-electron chi connectivity index (χ3n) is 3.68. The first-order valence-electron chi connectivity index (χ1n) is 7.23. The monoisotopic (exact) mass is 264 g/mol. The Kier molecular flexibility index (Phi) is 4.14. The lowest BCUT2D eigenvalue weighted by Crippen LogP contribution is -2.20. The molecule has 0 saturated carbocycles. The van der Waals surface area contributed by atoms with Crippen molar-refractivity contribution >= 4 is 10.9 Å². The van der Waals surface area contributed by atoms with Crippen molar-refractivity contribution in [2.75, 3.05) is 13.1 Å². The molecule has 0 aliphatic heterocycles. The lowest BCUT2D eigenvalue weighted by Gasteiger charge is -2.04. The maximum absolute atomic E-state index is 3.52. The molecule has 2 nitrogen and oxygen atoms in total. The zero-order valence-corrected chi connectivity index (χ0v) is 11.6. The maximum atomic E-state index is 3.52. The summed E-state index contributed by atoms with van der Waals surface area (Å²) in [6, 6.07) is 19.1. The lowest BCUT2D eigenvalue weighted by atomic mass is 10.1. The van der Waals surface area contributed by atoms with Crippen LogP contribution in [0.3, 0.4) is 0 Å². The number of aromatic amines is 1. The molecule has 0 fully saturated rings. The van der Waals surface area contributed by atoms with Crippen LogP contribution < -0.4 is 5.32 Å². The third kappa shape index (κ3) is 3.09. The summed E-state index contributed by atoms with van der Waals surface area (Å²) >= 11 is 0. The third-order valence-corrected chi connectivity index (χ3v) is 3.68. The van der Waals surface area contributed by atoms with E-state index in [9.17, 15) is 0 Å². The predicted molar refractivity (Wildman–Crippen MR) is 85.0 cm³/mol. The summed E-state index contributed by atoms with van der Waals surface area (Å²) in [5.41, 5.74) is 4.02. The topological polar surface area (TPSA) is 27.8 Å². The minimum atomic E-state index is 1.02. The zero-order valence-electron chi connectivity index (χ0n) is 11.6. The van der Waals surface area contributed by atoms with Gasteiger partial charge in [-0.1, -0.05) is 48.5 Å². The molecule has 2 heteroatoms. The highest BCUT2D eigenvalue weighted by Crippen LogP contribution is 2.17. The highest BCUT2D eigenvalue weighted by atomic mass is 14.8. The van der Waals surface area contributed by atoms with E-state index in [-0.39, 0.29) is 0 Å². The van der Waals surface area contributed by atoms with Crippen molar-refractivity contribution in [3.63, 3.8) is 0 Å². The first-order chi connectivity index (χ1) is 9.93. The summed E-state index contributed by atoms with van der Waals surface area (Å²) in [7, 11) is 0. The highest BCUT2D eigenvalue weighted by Gasteiger charge is 2.01. The van der Waals surface area contributed by atoms with Crippen LogP contribution in [0.15, 0.2) is 60.8 Å². The summed E-state index contributed by atoms with van der Waals surface area (Å²) in [5.74, 6) is 0. The van der Waals surface area contributed by atoms with Gasteiger partial charge in [0.15, 0.2) is 0 Å². The Hall–Kier alpha value is -2.06. The van der Waals surface area contributed by atoms with Gasteiger partial charge in [0, 0.05) is 17.1 Å². The quantitative estimate of drug-likeness (QED) is 0.655. The highest BCUT2D eigenvalue weighted by molar-refractivity contribution is 5.83. The van der Waals surface area contributed by atoms with Gasteiger partial charge in [0.2, 0.25) is 0 Å². The Morgan fingerprint density at radius 3 is 2.45 bits per heavy atom. The zero-order chi connectivity index (χ0) is 13.6. The molecule has 0 saturated heterocycles. The van der Waals surface area contributed by atoms with Crippen molar-refractivity contribution in [3.8, 4) is 0 Å². The second kappa shape index (κ2) is 6.40. The lowest BCUT2D eigenvalue weighted by molar-refractivity contribution is 0.683. The number of benzene rings is 2. The number of aromatic nitrogens is 1. The second-order valence-corrected chi connectivity index (χ2v) is 5.10. The Labute approximate surface area is 119 Å². The van der Waals surface area contributed by atoms with Crippen LogP contribution in [0.5, 0.6) is 0 Å². The molecular formula is C18H20N2. The van der Waals surface area contributed by atoms with Gasteiger partial charge in [-0.3, -0.25) is 0 Å². The van der Waals surface area contributed by atoms with Gasteiger partial charge < -0.3 is 10.3 Å². The fourth-order valence-corrected chi connectivity index (χ4v) is 2.56. The molecule has 1 aromatic heterocycles. The average molecular weight is 264 g/mol. The summed E-state index contributed by atoms with van der Waals surface area (Å²) in [5, 5.41) is 4.87. The first-order valence-corrected chi connectivity index (χ1v) is 7.23. The van der Waals surface area contributed by atoms with Crippen LogP contribution >= 0.6 is 0 Å². The molecule has 3 rings (SSSR count). The number of hydrogen-bond acceptors (Lipinski definition) is 1. The van der Waals surface area contributed by atoms with Gasteiger partial charge in [-0.25, -0.2) is 0 Å². The summed E-state index contributed by atoms with van der Waals surface area (Å²) < 4.78 is 0. The van der Waals surface area contributed by atoms with Crippen LogP contribution in [0, 0.1) is 0 Å². The minimum absolute atomic E-state index is 1.02. The molecule has 0 atom stereocenters. The standard InChI is InChI=1S/C18H20N2/c1-2-6-15(7-3-1)10-12-19-13-11-16-14-20-18-9-5-4-8-17(16)18/h1-9,14,19-20H,10-13H2. The summed E-state index contributed by atoms with van der Waals surface area (Å²) in [6.07, 6.45) is 4.29. The largest absolute Gasteiger partial charge is 0.361 e. The molecule has 0 bridgehead atoms. The summed E-state index contributed by atoms with van der Waals surface area (Å²) in [4.78, 5) is 3.33. The molecule has 0 radical (unpaired) electrons. The number of H-pyrrole nitrogens is 1. The van der Waals surface area contributed by atoms with Crippen molar-refractivity contribution in [2.24, 2.45) is 0 Å². The van der Waals surface area contributed by atoms with E-state index in [2.05, 4.69) is 71.1 Å². The molecule has 0 spiro atoms. The number of para-hydroxylation sites is 1. The van der Waals surface area contributed by atoms with Crippen molar-refractivity contribution in [3.05, 3.63) is 71.9 Å². The van der Waals surface area contributed by atoms with Gasteiger partial charge in [-0.05, 0) is 43.1 Å². The molecule has 3 aromatic rings. The molecule has 0 amide bonds. The van der Waals surface area contributed by atoms with E-state index in [1.807, 2.05) is 0 Å². The molecular weight excluding hydrogens is 244 g/mol. The van der Waals surface area contributed by atoms with E-state index in [1.54, 1.807) is 0 Å². The Balaban J connectivity index is 1.46. The van der Waals surface area contributed by atoms with Gasteiger partial charge in [-0.15, -0.1) is 0 Å². The van der Waals surface area contributed by atoms with Crippen LogP contribution in [0.4, 0.5) is 0 Å². The Morgan fingerprint density at radius 2 is 1.55 bits per heavy atom. The van der Waals surface area contributed by atoms with Gasteiger partial charge in [0.25, 0.3) is 0 Å². The predicted octanol–water partition coefficient (Wildman–Crippen LogP) is 3.54. The number of hydrogen-bond donors (Lipinski definition) is 2. The average Bonchev–Trinajstić information content (AvgIpc) is 2.91. The Bertz CT molecular complexity index is 655. The molecule has 2 aromatic carbocycles. The van der Waals surface area contributed by atoms with Crippen LogP contribution in [-0.4, -0.2) is 18.1 Å². The van der Waals surface area contributed by atoms with E-state index in [4.69, 9.17) is 0 Å². The molecule has 0 unspecified atom stereocenters. The fraction of sp³-hybridized carbons (Fsp3) is 0.222. The normalized spacial score (nSPS) is 11.0. The molecule has 20 heavy (non-hydrogen) atoms. The van der Waals surface area contributed by atoms with E-state index in [0.29, 0.717) is 0 Å². The molecule has 102 valence electrons. The molecule has 0 aliphatic rings. The number of nitrogens with one attached hydrogen (secondary N) is 2. The van der Waals surface area contributed by atoms with Crippen LogP contribution in [0.1, 0.15) is 11.1 Å². The minimum Gasteiger partial charge on any atom is -0.361 e. The van der Waals surface area contributed by atoms with Gasteiger partial charge in [0.05, 0.1) is 0 Å². The first kappa shape index (κ1) is 12.9. The SMILES string of the molecule is c1ccc(CCNCCc2c[nH]c3ccccc23)cc1. The smallest absolute Gasteiger partial charge is 0.0456 e. The van der Waals surface area contributed by atoms with E-state index < -0.39 is 0 Å². The van der Waals surface area contributed by atoms with Gasteiger partial charge in [-0.2, -0.15) is 0 Å².